The minimum atomic E-state index is -4.50. The number of hydrogen-bond donors (Lipinski definition) is 11. The highest BCUT2D eigenvalue weighted by atomic mass is 32.2. The summed E-state index contributed by atoms with van der Waals surface area (Å²) in [5.41, 5.74) is 16.8. The Hall–Kier alpha value is -9.13. The Labute approximate surface area is 603 Å². The molecule has 0 saturated carbocycles. The molecule has 1 saturated heterocycles. The van der Waals surface area contributed by atoms with Crippen LogP contribution in [0.25, 0.3) is 0 Å². The summed E-state index contributed by atoms with van der Waals surface area (Å²) in [6.07, 6.45) is 13.9. The Morgan fingerprint density at radius 3 is 1.96 bits per heavy atom. The van der Waals surface area contributed by atoms with E-state index in [0.717, 1.165) is 58.9 Å². The second-order valence-electron chi connectivity index (χ2n) is 27.6. The maximum absolute atomic E-state index is 13.6. The van der Waals surface area contributed by atoms with Crippen LogP contribution >= 0.6 is 0 Å². The number of ether oxygens (including phenoxy) is 1. The molecule has 0 unspecified atom stereocenters. The molecule has 1 fully saturated rings. The number of likely N-dealkylation sites (tertiary alicyclic amines) is 1. The summed E-state index contributed by atoms with van der Waals surface area (Å²) in [5, 5.41) is 25.6. The Morgan fingerprint density at radius 1 is 0.650 bits per heavy atom. The fourth-order valence-electron chi connectivity index (χ4n) is 13.1. The van der Waals surface area contributed by atoms with Crippen molar-refractivity contribution < 1.29 is 78.7 Å². The van der Waals surface area contributed by atoms with E-state index in [4.69, 9.17) is 16.2 Å². The molecule has 0 radical (unpaired) electrons. The van der Waals surface area contributed by atoms with Gasteiger partial charge in [0.1, 0.15) is 43.1 Å². The molecule has 8 amide bonds. The molecule has 0 aromatic heterocycles. The lowest BCUT2D eigenvalue weighted by Crippen LogP contribution is -2.59. The number of carbonyl (C=O) groups is 8. The van der Waals surface area contributed by atoms with Crippen LogP contribution in [0.1, 0.15) is 141 Å². The number of primary amides is 2. The number of anilines is 1. The van der Waals surface area contributed by atoms with E-state index in [1.807, 2.05) is 106 Å². The molecule has 3 aliphatic rings. The Balaban J connectivity index is 0.792. The van der Waals surface area contributed by atoms with Gasteiger partial charge in [-0.05, 0) is 124 Å². The van der Waals surface area contributed by atoms with Gasteiger partial charge in [-0.15, -0.1) is 0 Å². The number of fused-ring (bicyclic) bond motifs is 2. The quantitative estimate of drug-likeness (QED) is 0.0124. The van der Waals surface area contributed by atoms with Crippen molar-refractivity contribution >= 4 is 84.6 Å². The van der Waals surface area contributed by atoms with E-state index in [1.165, 1.54) is 29.8 Å². The molecule has 7 rings (SSSR count). The van der Waals surface area contributed by atoms with E-state index in [2.05, 4.69) is 59.9 Å². The summed E-state index contributed by atoms with van der Waals surface area (Å²) < 4.78 is 76.4. The number of rotatable bonds is 38. The molecule has 3 heterocycles. The first-order chi connectivity index (χ1) is 48.7. The molecule has 0 aliphatic carbocycles. The number of nitrogens with two attached hydrogens (primary N) is 2. The summed E-state index contributed by atoms with van der Waals surface area (Å²) in [6, 6.07) is 21.8. The van der Waals surface area contributed by atoms with Gasteiger partial charge in [0.05, 0.1) is 28.2 Å². The third-order valence-corrected chi connectivity index (χ3v) is 20.6. The highest BCUT2D eigenvalue weighted by molar-refractivity contribution is 7.86. The number of carbonyl (C=O) groups excluding carboxylic acids is 8. The first kappa shape index (κ1) is 81.2. The largest absolute Gasteiger partial charge is 0.490 e. The zero-order chi connectivity index (χ0) is 75.4. The van der Waals surface area contributed by atoms with E-state index < -0.39 is 116 Å². The SMILES string of the molecule is CC(C)[C@H](NC(=O)CCN1CCC(Oc2ccccc2Cc2ccccc2)CC1)C(=O)N[C@@H](CO)C(=O)N[C@@H](CC(N)=O)C(=O)NCCC(=O)N[C@@H](CCCCNC(=O)CCCCCN1C(=CC=CC=CC2=[N+](C)c3ccc(S(=O)(=O)O)cc3C2(C)C)C(C)(C)c2cc(S(=O)(=O)O)ccc21)C(N)=O. The molecule has 29 heteroatoms. The average molecular weight is 1460 g/mol. The summed E-state index contributed by atoms with van der Waals surface area (Å²) in [4.78, 5) is 108. The molecule has 558 valence electrons. The van der Waals surface area contributed by atoms with Gasteiger partial charge >= 0.3 is 0 Å². The predicted octanol–water partition coefficient (Wildman–Crippen LogP) is 4.81. The molecule has 103 heavy (non-hydrogen) atoms. The highest BCUT2D eigenvalue weighted by Crippen LogP contribution is 2.49. The summed E-state index contributed by atoms with van der Waals surface area (Å²) in [5.74, 6) is -5.36. The van der Waals surface area contributed by atoms with E-state index in [-0.39, 0.29) is 60.6 Å². The zero-order valence-corrected chi connectivity index (χ0v) is 61.2. The lowest BCUT2D eigenvalue weighted by molar-refractivity contribution is -0.401. The number of unbranched alkanes of at least 4 members (excludes halogenated alkanes) is 3. The minimum absolute atomic E-state index is 0.00683. The van der Waals surface area contributed by atoms with E-state index in [9.17, 15) is 69.4 Å². The van der Waals surface area contributed by atoms with E-state index in [0.29, 0.717) is 63.8 Å². The lowest BCUT2D eigenvalue weighted by Gasteiger charge is -2.32. The molecular weight excluding hydrogens is 1360 g/mol. The molecule has 0 spiro atoms. The van der Waals surface area contributed by atoms with Gasteiger partial charge in [-0.25, -0.2) is 0 Å². The molecule has 4 aromatic carbocycles. The van der Waals surface area contributed by atoms with Crippen molar-refractivity contribution in [2.24, 2.45) is 17.4 Å². The van der Waals surface area contributed by atoms with Gasteiger partial charge in [0.25, 0.3) is 20.2 Å². The monoisotopic (exact) mass is 1460 g/mol. The minimum Gasteiger partial charge on any atom is -0.490 e. The number of piperidine rings is 1. The van der Waals surface area contributed by atoms with Gasteiger partial charge in [0.2, 0.25) is 52.9 Å². The number of para-hydroxylation sites is 1. The highest BCUT2D eigenvalue weighted by Gasteiger charge is 2.44. The van der Waals surface area contributed by atoms with Crippen molar-refractivity contribution in [2.45, 2.75) is 176 Å². The third-order valence-electron chi connectivity index (χ3n) is 18.9. The Kier molecular flexibility index (Phi) is 29.0. The first-order valence-corrected chi connectivity index (χ1v) is 37.7. The van der Waals surface area contributed by atoms with E-state index >= 15 is 0 Å². The molecule has 27 nitrogen and oxygen atoms in total. The molecular formula is C74H100N11O16S2+. The summed E-state index contributed by atoms with van der Waals surface area (Å²) in [7, 11) is -7.02. The van der Waals surface area contributed by atoms with Crippen LogP contribution in [0.15, 0.2) is 137 Å². The second-order valence-corrected chi connectivity index (χ2v) is 30.5. The van der Waals surface area contributed by atoms with Crippen LogP contribution in [0.4, 0.5) is 11.4 Å². The molecule has 4 atom stereocenters. The van der Waals surface area contributed by atoms with Gasteiger partial charge < -0.3 is 63.0 Å². The normalized spacial score (nSPS) is 16.8. The maximum Gasteiger partial charge on any atom is 0.294 e. The van der Waals surface area contributed by atoms with Crippen molar-refractivity contribution in [3.63, 3.8) is 0 Å². The van der Waals surface area contributed by atoms with Crippen LogP contribution < -0.4 is 53.0 Å². The average Bonchev–Trinajstić information content (AvgIpc) is 1.59. The van der Waals surface area contributed by atoms with Crippen LogP contribution in [-0.2, 0) is 75.8 Å². The van der Waals surface area contributed by atoms with Crippen LogP contribution in [0.5, 0.6) is 5.75 Å². The van der Waals surface area contributed by atoms with Gasteiger partial charge in [-0.3, -0.25) is 47.5 Å². The number of allylic oxidation sites excluding steroid dienone is 6. The number of benzene rings is 4. The van der Waals surface area contributed by atoms with Crippen LogP contribution in [0.3, 0.4) is 0 Å². The maximum atomic E-state index is 13.6. The second kappa shape index (κ2) is 36.8. The number of aliphatic hydroxyl groups is 1. The summed E-state index contributed by atoms with van der Waals surface area (Å²) in [6.45, 7) is 12.7. The standard InChI is InChI=1S/C74H99N11O16S2/c1-48(2)68(82-67(90)36-42-84-40-34-51(35-41-84)101-61-25-17-16-23-50(61)43-49-21-11-8-12-22-49)72(94)81-58(47-86)71(93)80-57(46-64(75)87)70(92)78-38-33-66(89)79-56(69(76)91)24-18-19-37-77-65(88)28-15-10-20-39-85-60-32-30-53(103(98,99)100)45-55(60)74(5,6)63(85)27-14-9-13-26-62-73(3,4)54-44-52(102(95,96)97)29-31-59(54)83(62)7/h8-9,11-14,16-17,21-23,25-27,29-32,44-45,48,51,56-58,68,86H,10,15,18-20,24,28,33-43,46-47H2,1-7H3,(H11-,75,76,77,78,79,80,81,82,87,88,89,90,91,92,93,94,95,96,97,98,99,100)/p+1/t56-,57-,58-,68-/m0/s1. The predicted molar refractivity (Wildman–Crippen MR) is 389 cm³/mol. The Bertz CT molecular complexity index is 4090. The molecule has 3 aliphatic heterocycles. The number of aliphatic hydroxyl groups excluding tert-OH is 1. The Morgan fingerprint density at radius 2 is 1.30 bits per heavy atom. The van der Waals surface area contributed by atoms with E-state index in [1.54, 1.807) is 26.0 Å². The topological polar surface area (TPSA) is 408 Å². The van der Waals surface area contributed by atoms with Gasteiger partial charge in [0.15, 0.2) is 5.71 Å². The van der Waals surface area contributed by atoms with Crippen LogP contribution in [-0.4, -0.2) is 177 Å². The number of hydrogen-bond acceptors (Lipinski definition) is 16. The van der Waals surface area contributed by atoms with Crippen LogP contribution in [0.2, 0.25) is 0 Å². The number of nitrogens with one attached hydrogen (secondary N) is 6. The zero-order valence-electron chi connectivity index (χ0n) is 59.6. The van der Waals surface area contributed by atoms with Crippen molar-refractivity contribution in [1.82, 2.24) is 36.8 Å². The fraction of sp³-hybridized carbons (Fsp3) is 0.473. The first-order valence-electron chi connectivity index (χ1n) is 34.8. The lowest BCUT2D eigenvalue weighted by atomic mass is 9.81. The third kappa shape index (κ3) is 22.9. The van der Waals surface area contributed by atoms with Crippen molar-refractivity contribution in [3.05, 3.63) is 149 Å². The van der Waals surface area contributed by atoms with Gasteiger partial charge in [-0.2, -0.15) is 21.4 Å². The van der Waals surface area contributed by atoms with Gasteiger partial charge in [-0.1, -0.05) is 101 Å². The van der Waals surface area contributed by atoms with Crippen LogP contribution in [0, 0.1) is 5.92 Å². The molecule has 13 N–H and O–H groups in total. The fourth-order valence-corrected chi connectivity index (χ4v) is 14.1. The smallest absolute Gasteiger partial charge is 0.294 e. The summed E-state index contributed by atoms with van der Waals surface area (Å²) >= 11 is 0. The number of amides is 8. The molecule has 4 aromatic rings. The van der Waals surface area contributed by atoms with Crippen molar-refractivity contribution in [2.75, 3.05) is 57.8 Å². The number of nitrogens with zero attached hydrogens (tertiary/aromatic N) is 3. The van der Waals surface area contributed by atoms with Crippen molar-refractivity contribution in [3.8, 4) is 5.75 Å². The van der Waals surface area contributed by atoms with Crippen molar-refractivity contribution in [1.29, 1.82) is 0 Å². The molecule has 0 bridgehead atoms. The van der Waals surface area contributed by atoms with Gasteiger partial charge in [0, 0.05) is 99.5 Å².